The zero-order valence-electron chi connectivity index (χ0n) is 13.8. The van der Waals surface area contributed by atoms with Crippen LogP contribution in [-0.4, -0.2) is 29.8 Å². The van der Waals surface area contributed by atoms with E-state index in [-0.39, 0.29) is 11.4 Å². The number of hydrogen-bond donors (Lipinski definition) is 1. The van der Waals surface area contributed by atoms with Gasteiger partial charge in [-0.2, -0.15) is 0 Å². The number of benzene rings is 2. The number of thioether (sulfide) groups is 1. The molecule has 1 fully saturated rings. The number of amides is 2. The highest BCUT2D eigenvalue weighted by Gasteiger charge is 2.32. The van der Waals surface area contributed by atoms with Gasteiger partial charge in [0.05, 0.1) is 0 Å². The molecule has 0 spiro atoms. The molecule has 0 unspecified atom stereocenters. The monoisotopic (exact) mass is 342 g/mol. The summed E-state index contributed by atoms with van der Waals surface area (Å²) in [7, 11) is 0. The average molecular weight is 342 g/mol. The zero-order valence-corrected chi connectivity index (χ0v) is 14.6. The summed E-state index contributed by atoms with van der Waals surface area (Å²) in [5.74, 6) is 1.78. The van der Waals surface area contributed by atoms with Gasteiger partial charge in [0.25, 0.3) is 0 Å². The van der Waals surface area contributed by atoms with E-state index < -0.39 is 0 Å². The molecule has 24 heavy (non-hydrogen) atoms. The van der Waals surface area contributed by atoms with Gasteiger partial charge < -0.3 is 15.0 Å². The lowest BCUT2D eigenvalue weighted by Crippen LogP contribution is -2.39. The predicted molar refractivity (Wildman–Crippen MR) is 98.2 cm³/mol. The molecule has 0 radical (unpaired) electrons. The Morgan fingerprint density at radius 3 is 2.75 bits per heavy atom. The molecule has 126 valence electrons. The number of ether oxygens (including phenoxy) is 1. The molecule has 5 heteroatoms. The topological polar surface area (TPSA) is 41.6 Å². The van der Waals surface area contributed by atoms with E-state index in [0.29, 0.717) is 13.2 Å². The van der Waals surface area contributed by atoms with Gasteiger partial charge >= 0.3 is 6.03 Å². The number of urea groups is 1. The average Bonchev–Trinajstić information content (AvgIpc) is 3.11. The lowest BCUT2D eigenvalue weighted by Gasteiger charge is -2.25. The lowest BCUT2D eigenvalue weighted by atomic mass is 10.2. The van der Waals surface area contributed by atoms with Crippen molar-refractivity contribution in [1.82, 2.24) is 10.2 Å². The van der Waals surface area contributed by atoms with Crippen molar-refractivity contribution in [3.05, 3.63) is 65.7 Å². The first-order valence-electron chi connectivity index (χ1n) is 8.21. The summed E-state index contributed by atoms with van der Waals surface area (Å²) in [5, 5.41) is 2.90. The van der Waals surface area contributed by atoms with E-state index in [4.69, 9.17) is 4.74 Å². The van der Waals surface area contributed by atoms with Crippen molar-refractivity contribution in [2.24, 2.45) is 0 Å². The van der Waals surface area contributed by atoms with E-state index in [1.807, 2.05) is 60.4 Å². The van der Waals surface area contributed by atoms with Crippen LogP contribution >= 0.6 is 11.8 Å². The van der Waals surface area contributed by atoms with E-state index in [2.05, 4.69) is 11.4 Å². The fraction of sp³-hybridized carbons (Fsp3) is 0.316. The highest BCUT2D eigenvalue weighted by atomic mass is 32.2. The van der Waals surface area contributed by atoms with Crippen LogP contribution in [0.15, 0.2) is 54.6 Å². The number of carbonyl (C=O) groups is 1. The molecule has 3 rings (SSSR count). The number of rotatable bonds is 5. The predicted octanol–water partition coefficient (Wildman–Crippen LogP) is 4.04. The Labute approximate surface area is 147 Å². The smallest absolute Gasteiger partial charge is 0.318 e. The van der Waals surface area contributed by atoms with E-state index in [1.54, 1.807) is 11.8 Å². The highest BCUT2D eigenvalue weighted by molar-refractivity contribution is 7.99. The van der Waals surface area contributed by atoms with Gasteiger partial charge in [0, 0.05) is 24.4 Å². The van der Waals surface area contributed by atoms with Crippen molar-refractivity contribution < 1.29 is 9.53 Å². The summed E-state index contributed by atoms with van der Waals surface area (Å²) in [6, 6.07) is 18.1. The fourth-order valence-corrected chi connectivity index (χ4v) is 4.02. The molecule has 1 aliphatic heterocycles. The molecule has 0 bridgehead atoms. The summed E-state index contributed by atoms with van der Waals surface area (Å²) in [6.45, 7) is 3.86. The second-order valence-corrected chi connectivity index (χ2v) is 6.75. The molecule has 0 aliphatic carbocycles. The molecule has 1 atom stereocenters. The number of nitrogens with one attached hydrogen (secondary N) is 1. The molecule has 2 aromatic rings. The van der Waals surface area contributed by atoms with Crippen LogP contribution in [0.1, 0.15) is 23.4 Å². The summed E-state index contributed by atoms with van der Waals surface area (Å²) < 4.78 is 6.05. The number of carbonyl (C=O) groups excluding carboxylic acids is 1. The Kier molecular flexibility index (Phi) is 5.64. The third kappa shape index (κ3) is 3.85. The molecule has 2 amide bonds. The van der Waals surface area contributed by atoms with Gasteiger partial charge in [0.15, 0.2) is 0 Å². The maximum atomic E-state index is 12.3. The molecule has 0 aromatic heterocycles. The Bertz CT molecular complexity index is 678. The largest absolute Gasteiger partial charge is 0.489 e. The first-order valence-corrected chi connectivity index (χ1v) is 9.26. The van der Waals surface area contributed by atoms with Crippen LogP contribution < -0.4 is 10.1 Å². The third-order valence-corrected chi connectivity index (χ3v) is 5.14. The second-order valence-electron chi connectivity index (χ2n) is 5.56. The third-order valence-electron chi connectivity index (χ3n) is 3.90. The van der Waals surface area contributed by atoms with Gasteiger partial charge in [0.1, 0.15) is 17.7 Å². The van der Waals surface area contributed by atoms with Crippen molar-refractivity contribution in [2.75, 3.05) is 18.8 Å². The van der Waals surface area contributed by atoms with Crippen LogP contribution in [-0.2, 0) is 6.61 Å². The standard InChI is InChI=1S/C19H22N2O2S/c1-2-20-19(22)21-12-13-24-18(21)16-10-6-7-11-17(16)23-14-15-8-4-3-5-9-15/h3-11,18H,2,12-14H2,1H3,(H,20,22)/t18-/m1/s1. The van der Waals surface area contributed by atoms with Crippen molar-refractivity contribution in [1.29, 1.82) is 0 Å². The Morgan fingerprint density at radius 1 is 1.21 bits per heavy atom. The molecule has 1 saturated heterocycles. The molecule has 1 N–H and O–H groups in total. The quantitative estimate of drug-likeness (QED) is 0.891. The number of hydrogen-bond acceptors (Lipinski definition) is 3. The van der Waals surface area contributed by atoms with Crippen molar-refractivity contribution in [3.8, 4) is 5.75 Å². The lowest BCUT2D eigenvalue weighted by molar-refractivity contribution is 0.199. The summed E-state index contributed by atoms with van der Waals surface area (Å²) in [6.07, 6.45) is 0. The molecule has 2 aromatic carbocycles. The van der Waals surface area contributed by atoms with Crippen molar-refractivity contribution in [3.63, 3.8) is 0 Å². The van der Waals surface area contributed by atoms with Gasteiger partial charge in [-0.25, -0.2) is 4.79 Å². The van der Waals surface area contributed by atoms with Gasteiger partial charge in [-0.1, -0.05) is 48.5 Å². The first-order chi connectivity index (χ1) is 11.8. The summed E-state index contributed by atoms with van der Waals surface area (Å²) in [4.78, 5) is 14.2. The van der Waals surface area contributed by atoms with Gasteiger partial charge in [-0.05, 0) is 18.6 Å². The van der Waals surface area contributed by atoms with Crippen LogP contribution in [0.25, 0.3) is 0 Å². The minimum atomic E-state index is -0.00892. The number of para-hydroxylation sites is 1. The number of nitrogens with zero attached hydrogens (tertiary/aromatic N) is 1. The van der Waals surface area contributed by atoms with Gasteiger partial charge in [-0.3, -0.25) is 0 Å². The molecule has 1 heterocycles. The van der Waals surface area contributed by atoms with Crippen molar-refractivity contribution >= 4 is 17.8 Å². The fourth-order valence-electron chi connectivity index (χ4n) is 2.74. The SMILES string of the molecule is CCNC(=O)N1CCS[C@@H]1c1ccccc1OCc1ccccc1. The molecule has 0 saturated carbocycles. The van der Waals surface area contributed by atoms with Crippen molar-refractivity contribution in [2.45, 2.75) is 18.9 Å². The van der Waals surface area contributed by atoms with Crippen LogP contribution in [0.3, 0.4) is 0 Å². The zero-order chi connectivity index (χ0) is 16.8. The Balaban J connectivity index is 1.77. The molecular weight excluding hydrogens is 320 g/mol. The van der Waals surface area contributed by atoms with Crippen LogP contribution in [0.5, 0.6) is 5.75 Å². The van der Waals surface area contributed by atoms with Crippen LogP contribution in [0.2, 0.25) is 0 Å². The van der Waals surface area contributed by atoms with Gasteiger partial charge in [-0.15, -0.1) is 11.8 Å². The second kappa shape index (κ2) is 8.11. The minimum Gasteiger partial charge on any atom is -0.489 e. The Morgan fingerprint density at radius 2 is 1.96 bits per heavy atom. The normalized spacial score (nSPS) is 16.9. The van der Waals surface area contributed by atoms with E-state index in [0.717, 1.165) is 29.2 Å². The maximum Gasteiger partial charge on any atom is 0.318 e. The molecule has 4 nitrogen and oxygen atoms in total. The first kappa shape index (κ1) is 16.7. The Hall–Kier alpha value is -2.14. The maximum absolute atomic E-state index is 12.3. The minimum absolute atomic E-state index is 0.00326. The summed E-state index contributed by atoms with van der Waals surface area (Å²) >= 11 is 1.78. The van der Waals surface area contributed by atoms with Gasteiger partial charge in [0.2, 0.25) is 0 Å². The van der Waals surface area contributed by atoms with Crippen LogP contribution in [0.4, 0.5) is 4.79 Å². The molecular formula is C19H22N2O2S. The van der Waals surface area contributed by atoms with E-state index in [1.165, 1.54) is 0 Å². The highest BCUT2D eigenvalue weighted by Crippen LogP contribution is 2.41. The van der Waals surface area contributed by atoms with E-state index in [9.17, 15) is 4.79 Å². The molecule has 1 aliphatic rings. The summed E-state index contributed by atoms with van der Waals surface area (Å²) in [5.41, 5.74) is 2.19. The van der Waals surface area contributed by atoms with Crippen LogP contribution in [0, 0.1) is 0 Å². The van der Waals surface area contributed by atoms with E-state index >= 15 is 0 Å².